The van der Waals surface area contributed by atoms with Gasteiger partial charge in [0.15, 0.2) is 0 Å². The normalized spacial score (nSPS) is 11.9. The van der Waals surface area contributed by atoms with Gasteiger partial charge in [0.05, 0.1) is 33.3 Å². The third kappa shape index (κ3) is 3.49. The van der Waals surface area contributed by atoms with Gasteiger partial charge in [-0.25, -0.2) is 9.97 Å². The van der Waals surface area contributed by atoms with Crippen LogP contribution in [0.4, 0.5) is 0 Å². The lowest BCUT2D eigenvalue weighted by molar-refractivity contribution is 1.01. The Morgan fingerprint density at radius 2 is 0.935 bits per heavy atom. The molecule has 10 rings (SSSR count). The zero-order chi connectivity index (χ0) is 30.2. The van der Waals surface area contributed by atoms with Gasteiger partial charge in [-0.2, -0.15) is 0 Å². The van der Waals surface area contributed by atoms with Crippen LogP contribution in [0.15, 0.2) is 158 Å². The lowest BCUT2D eigenvalue weighted by atomic mass is 9.99. The highest BCUT2D eigenvalue weighted by Crippen LogP contribution is 2.42. The minimum absolute atomic E-state index is 0.658. The Morgan fingerprint density at radius 1 is 0.370 bits per heavy atom. The lowest BCUT2D eigenvalue weighted by Gasteiger charge is -2.14. The van der Waals surface area contributed by atoms with Crippen LogP contribution in [-0.2, 0) is 0 Å². The summed E-state index contributed by atoms with van der Waals surface area (Å²) in [6.07, 6.45) is 0. The smallest absolute Gasteiger partial charge is 0.235 e. The van der Waals surface area contributed by atoms with E-state index in [0.717, 1.165) is 44.4 Å². The molecule has 0 unspecified atom stereocenters. The van der Waals surface area contributed by atoms with Gasteiger partial charge in [-0.3, -0.25) is 4.57 Å². The predicted molar refractivity (Wildman–Crippen MR) is 191 cm³/mol. The van der Waals surface area contributed by atoms with Crippen molar-refractivity contribution in [2.24, 2.45) is 0 Å². The van der Waals surface area contributed by atoms with E-state index in [1.807, 2.05) is 0 Å². The van der Waals surface area contributed by atoms with E-state index >= 15 is 0 Å². The first-order valence-corrected chi connectivity index (χ1v) is 15.6. The van der Waals surface area contributed by atoms with Crippen LogP contribution in [0, 0.1) is 0 Å². The van der Waals surface area contributed by atoms with E-state index in [1.54, 1.807) is 0 Å². The molecule has 0 atom stereocenters. The van der Waals surface area contributed by atoms with Gasteiger partial charge in [-0.05, 0) is 41.1 Å². The highest BCUT2D eigenvalue weighted by Gasteiger charge is 2.23. The van der Waals surface area contributed by atoms with E-state index in [2.05, 4.69) is 167 Å². The van der Waals surface area contributed by atoms with Crippen LogP contribution in [0.5, 0.6) is 0 Å². The fourth-order valence-electron chi connectivity index (χ4n) is 7.36. The highest BCUT2D eigenvalue weighted by molar-refractivity contribution is 6.23. The molecule has 0 bridgehead atoms. The summed E-state index contributed by atoms with van der Waals surface area (Å²) in [5.41, 5.74) is 8.55. The Labute approximate surface area is 264 Å². The van der Waals surface area contributed by atoms with Crippen molar-refractivity contribution in [1.29, 1.82) is 0 Å². The molecule has 0 saturated carbocycles. The maximum atomic E-state index is 5.47. The highest BCUT2D eigenvalue weighted by atomic mass is 15.2. The van der Waals surface area contributed by atoms with Gasteiger partial charge in [-0.1, -0.05) is 127 Å². The molecule has 0 N–H and O–H groups in total. The summed E-state index contributed by atoms with van der Waals surface area (Å²) >= 11 is 0. The molecule has 3 heterocycles. The minimum Gasteiger partial charge on any atom is -0.307 e. The van der Waals surface area contributed by atoms with Crippen molar-refractivity contribution in [3.63, 3.8) is 0 Å². The zero-order valence-electron chi connectivity index (χ0n) is 24.8. The van der Waals surface area contributed by atoms with Crippen LogP contribution >= 0.6 is 0 Å². The number of para-hydroxylation sites is 4. The van der Waals surface area contributed by atoms with Gasteiger partial charge in [-0.15, -0.1) is 0 Å². The molecule has 4 heteroatoms. The molecule has 0 fully saturated rings. The fourth-order valence-corrected chi connectivity index (χ4v) is 7.36. The van der Waals surface area contributed by atoms with Crippen LogP contribution in [0.2, 0.25) is 0 Å². The standard InChI is InChI=1S/C42H26N4/c1-2-15-28(16-3-1)45-37-23-10-7-18-30(37)33-25-26-34-31-19-8-11-24-38(31)46(41(34)40(33)45)42-43-36-22-9-6-20-35(36)39(44-42)32-21-12-14-27-13-4-5-17-29(27)32/h1-26H. The first-order chi connectivity index (χ1) is 22.8. The average molecular weight is 587 g/mol. The van der Waals surface area contributed by atoms with Gasteiger partial charge >= 0.3 is 0 Å². The molecule has 0 aliphatic rings. The molecule has 0 radical (unpaired) electrons. The summed E-state index contributed by atoms with van der Waals surface area (Å²) in [6.45, 7) is 0. The molecule has 0 saturated heterocycles. The number of benzene rings is 7. The van der Waals surface area contributed by atoms with Gasteiger partial charge in [0, 0.05) is 38.2 Å². The van der Waals surface area contributed by atoms with Gasteiger partial charge in [0.2, 0.25) is 5.95 Å². The van der Waals surface area contributed by atoms with Crippen LogP contribution < -0.4 is 0 Å². The summed E-state index contributed by atoms with van der Waals surface area (Å²) in [5, 5.41) is 8.16. The molecule has 214 valence electrons. The number of hydrogen-bond acceptors (Lipinski definition) is 2. The summed E-state index contributed by atoms with van der Waals surface area (Å²) in [4.78, 5) is 10.8. The lowest BCUT2D eigenvalue weighted by Crippen LogP contribution is -2.05. The maximum absolute atomic E-state index is 5.47. The third-order valence-electron chi connectivity index (χ3n) is 9.32. The Hall–Kier alpha value is -6.26. The zero-order valence-corrected chi connectivity index (χ0v) is 24.8. The Kier molecular flexibility index (Phi) is 5.25. The second-order valence-electron chi connectivity index (χ2n) is 11.8. The molecule has 4 nitrogen and oxygen atoms in total. The van der Waals surface area contributed by atoms with E-state index in [9.17, 15) is 0 Å². The van der Waals surface area contributed by atoms with Gasteiger partial charge in [0.1, 0.15) is 0 Å². The van der Waals surface area contributed by atoms with Crippen molar-refractivity contribution in [2.75, 3.05) is 0 Å². The molecule has 0 aliphatic heterocycles. The topological polar surface area (TPSA) is 35.6 Å². The largest absolute Gasteiger partial charge is 0.307 e. The Bertz CT molecular complexity index is 2800. The molecular weight excluding hydrogens is 560 g/mol. The second kappa shape index (κ2) is 9.62. The molecule has 46 heavy (non-hydrogen) atoms. The molecular formula is C42H26N4. The van der Waals surface area contributed by atoms with Crippen LogP contribution in [0.25, 0.3) is 88.2 Å². The number of aromatic nitrogens is 4. The Morgan fingerprint density at radius 3 is 1.70 bits per heavy atom. The maximum Gasteiger partial charge on any atom is 0.235 e. The third-order valence-corrected chi connectivity index (χ3v) is 9.32. The van der Waals surface area contributed by atoms with Crippen molar-refractivity contribution in [3.05, 3.63) is 158 Å². The van der Waals surface area contributed by atoms with Crippen LogP contribution in [0.1, 0.15) is 0 Å². The van der Waals surface area contributed by atoms with Crippen molar-refractivity contribution in [2.45, 2.75) is 0 Å². The first kappa shape index (κ1) is 25.1. The Balaban J connectivity index is 1.41. The van der Waals surface area contributed by atoms with Crippen molar-refractivity contribution in [3.8, 4) is 22.9 Å². The van der Waals surface area contributed by atoms with Crippen molar-refractivity contribution >= 4 is 65.3 Å². The van der Waals surface area contributed by atoms with Gasteiger partial charge in [0.25, 0.3) is 0 Å². The molecule has 10 aromatic rings. The number of hydrogen-bond donors (Lipinski definition) is 0. The second-order valence-corrected chi connectivity index (χ2v) is 11.8. The quantitative estimate of drug-likeness (QED) is 0.206. The SMILES string of the molecule is c1ccc(-n2c3ccccc3c3ccc4c5ccccc5n(-c5nc(-c6cccc7ccccc67)c6ccccc6n5)c4c32)cc1. The van der Waals surface area contributed by atoms with Crippen molar-refractivity contribution < 1.29 is 0 Å². The summed E-state index contributed by atoms with van der Waals surface area (Å²) in [7, 11) is 0. The molecule has 7 aromatic carbocycles. The molecule has 0 amide bonds. The predicted octanol–water partition coefficient (Wildman–Crippen LogP) is 10.6. The van der Waals surface area contributed by atoms with E-state index in [1.165, 1.54) is 37.8 Å². The van der Waals surface area contributed by atoms with Crippen LogP contribution in [-0.4, -0.2) is 19.1 Å². The average Bonchev–Trinajstić information content (AvgIpc) is 3.64. The summed E-state index contributed by atoms with van der Waals surface area (Å²) < 4.78 is 4.68. The van der Waals surface area contributed by atoms with Crippen molar-refractivity contribution in [1.82, 2.24) is 19.1 Å². The minimum atomic E-state index is 0.658. The van der Waals surface area contributed by atoms with Gasteiger partial charge < -0.3 is 4.57 Å². The van der Waals surface area contributed by atoms with E-state index in [0.29, 0.717) is 5.95 Å². The van der Waals surface area contributed by atoms with E-state index in [-0.39, 0.29) is 0 Å². The molecule has 0 spiro atoms. The molecule has 3 aromatic heterocycles. The van der Waals surface area contributed by atoms with E-state index < -0.39 is 0 Å². The summed E-state index contributed by atoms with van der Waals surface area (Å²) in [6, 6.07) is 55.9. The monoisotopic (exact) mass is 586 g/mol. The molecule has 0 aliphatic carbocycles. The van der Waals surface area contributed by atoms with Crippen LogP contribution in [0.3, 0.4) is 0 Å². The fraction of sp³-hybridized carbons (Fsp3) is 0. The number of fused-ring (bicyclic) bond motifs is 9. The first-order valence-electron chi connectivity index (χ1n) is 15.6. The number of nitrogens with zero attached hydrogens (tertiary/aromatic N) is 4. The number of rotatable bonds is 3. The summed E-state index contributed by atoms with van der Waals surface area (Å²) in [5.74, 6) is 0.658. The van der Waals surface area contributed by atoms with E-state index in [4.69, 9.17) is 9.97 Å².